The molecule has 0 saturated heterocycles. The minimum atomic E-state index is -0.182. The number of anilines is 1. The molecule has 0 saturated carbocycles. The van der Waals surface area contributed by atoms with Crippen molar-refractivity contribution in [2.24, 2.45) is 0 Å². The van der Waals surface area contributed by atoms with Crippen LogP contribution in [-0.4, -0.2) is 45.4 Å². The molecule has 7 heteroatoms. The van der Waals surface area contributed by atoms with Gasteiger partial charge in [0.05, 0.1) is 19.8 Å². The van der Waals surface area contributed by atoms with Crippen molar-refractivity contribution in [1.82, 2.24) is 10.3 Å². The van der Waals surface area contributed by atoms with E-state index in [-0.39, 0.29) is 5.91 Å². The molecule has 7 nitrogen and oxygen atoms in total. The van der Waals surface area contributed by atoms with Gasteiger partial charge in [-0.1, -0.05) is 6.07 Å². The van der Waals surface area contributed by atoms with Crippen LogP contribution < -0.4 is 20.1 Å². The molecule has 0 atom stereocenters. The van der Waals surface area contributed by atoms with Crippen LogP contribution in [-0.2, 0) is 11.3 Å². The number of carbonyl (C=O) groups is 1. The lowest BCUT2D eigenvalue weighted by molar-refractivity contribution is 0.0950. The van der Waals surface area contributed by atoms with E-state index in [1.165, 1.54) is 0 Å². The maximum absolute atomic E-state index is 12.3. The van der Waals surface area contributed by atoms with E-state index in [1.807, 2.05) is 18.2 Å². The first-order valence-corrected chi connectivity index (χ1v) is 8.36. The van der Waals surface area contributed by atoms with Gasteiger partial charge in [-0.2, -0.15) is 0 Å². The Labute approximate surface area is 153 Å². The predicted molar refractivity (Wildman–Crippen MR) is 99.9 cm³/mol. The molecule has 2 N–H and O–H groups in total. The SMILES string of the molecule is COCCCNc1ccc(C(=O)NCc2ccc(OC)c(OC)c2)cn1. The zero-order valence-electron chi connectivity index (χ0n) is 15.4. The summed E-state index contributed by atoms with van der Waals surface area (Å²) in [5.74, 6) is 1.83. The van der Waals surface area contributed by atoms with Crippen molar-refractivity contribution in [3.05, 3.63) is 47.7 Å². The molecule has 0 spiro atoms. The number of nitrogens with one attached hydrogen (secondary N) is 2. The van der Waals surface area contributed by atoms with Crippen LogP contribution in [0.1, 0.15) is 22.3 Å². The van der Waals surface area contributed by atoms with E-state index in [0.717, 1.165) is 24.3 Å². The summed E-state index contributed by atoms with van der Waals surface area (Å²) < 4.78 is 15.5. The van der Waals surface area contributed by atoms with Crippen LogP contribution in [0.3, 0.4) is 0 Å². The van der Waals surface area contributed by atoms with Crippen LogP contribution in [0.15, 0.2) is 36.5 Å². The van der Waals surface area contributed by atoms with Gasteiger partial charge in [0.15, 0.2) is 11.5 Å². The van der Waals surface area contributed by atoms with Gasteiger partial charge in [0.25, 0.3) is 5.91 Å². The van der Waals surface area contributed by atoms with Crippen LogP contribution >= 0.6 is 0 Å². The minimum Gasteiger partial charge on any atom is -0.493 e. The third-order valence-corrected chi connectivity index (χ3v) is 3.76. The van der Waals surface area contributed by atoms with Crippen molar-refractivity contribution in [3.63, 3.8) is 0 Å². The normalized spacial score (nSPS) is 10.3. The Bertz CT molecular complexity index is 704. The third kappa shape index (κ3) is 5.63. The Morgan fingerprint density at radius 3 is 2.54 bits per heavy atom. The van der Waals surface area contributed by atoms with Crippen LogP contribution in [0, 0.1) is 0 Å². The highest BCUT2D eigenvalue weighted by Gasteiger charge is 2.08. The second-order valence-electron chi connectivity index (χ2n) is 5.58. The molecule has 2 rings (SSSR count). The van der Waals surface area contributed by atoms with Gasteiger partial charge in [-0.15, -0.1) is 0 Å². The van der Waals surface area contributed by atoms with Crippen LogP contribution in [0.4, 0.5) is 5.82 Å². The second-order valence-corrected chi connectivity index (χ2v) is 5.58. The Morgan fingerprint density at radius 2 is 1.88 bits per heavy atom. The third-order valence-electron chi connectivity index (χ3n) is 3.76. The summed E-state index contributed by atoms with van der Waals surface area (Å²) in [5.41, 5.74) is 1.42. The standard InChI is InChI=1S/C19H25N3O4/c1-24-10-4-9-20-18-8-6-15(13-21-18)19(23)22-12-14-5-7-16(25-2)17(11-14)26-3/h5-8,11,13H,4,9-10,12H2,1-3H3,(H,20,21)(H,22,23). The van der Waals surface area contributed by atoms with E-state index in [2.05, 4.69) is 15.6 Å². The van der Waals surface area contributed by atoms with E-state index >= 15 is 0 Å². The maximum atomic E-state index is 12.3. The molecule has 0 aliphatic carbocycles. The van der Waals surface area contributed by atoms with E-state index in [0.29, 0.717) is 30.2 Å². The number of pyridine rings is 1. The number of benzene rings is 1. The first-order chi connectivity index (χ1) is 12.7. The highest BCUT2D eigenvalue weighted by atomic mass is 16.5. The monoisotopic (exact) mass is 359 g/mol. The van der Waals surface area contributed by atoms with Gasteiger partial charge in [-0.3, -0.25) is 4.79 Å². The summed E-state index contributed by atoms with van der Waals surface area (Å²) in [6.07, 6.45) is 2.45. The van der Waals surface area contributed by atoms with Crippen LogP contribution in [0.5, 0.6) is 11.5 Å². The highest BCUT2D eigenvalue weighted by molar-refractivity contribution is 5.94. The Hall–Kier alpha value is -2.80. The number of rotatable bonds is 10. The quantitative estimate of drug-likeness (QED) is 0.634. The lowest BCUT2D eigenvalue weighted by atomic mass is 10.2. The topological polar surface area (TPSA) is 81.7 Å². The number of hydrogen-bond acceptors (Lipinski definition) is 6. The molecule has 1 aromatic heterocycles. The predicted octanol–water partition coefficient (Wildman–Crippen LogP) is 2.48. The van der Waals surface area contributed by atoms with Crippen molar-refractivity contribution < 1.29 is 19.0 Å². The average molecular weight is 359 g/mol. The fourth-order valence-electron chi connectivity index (χ4n) is 2.34. The van der Waals surface area contributed by atoms with E-state index in [1.54, 1.807) is 39.7 Å². The zero-order chi connectivity index (χ0) is 18.8. The fourth-order valence-corrected chi connectivity index (χ4v) is 2.34. The van der Waals surface area contributed by atoms with Crippen molar-refractivity contribution in [3.8, 4) is 11.5 Å². The van der Waals surface area contributed by atoms with Gasteiger partial charge in [-0.25, -0.2) is 4.98 Å². The zero-order valence-corrected chi connectivity index (χ0v) is 15.4. The molecule has 0 aliphatic heterocycles. The molecule has 1 aromatic carbocycles. The smallest absolute Gasteiger partial charge is 0.253 e. The van der Waals surface area contributed by atoms with Crippen LogP contribution in [0.2, 0.25) is 0 Å². The molecule has 0 unspecified atom stereocenters. The Kier molecular flexibility index (Phi) is 7.70. The summed E-state index contributed by atoms with van der Waals surface area (Å²) in [5, 5.41) is 6.05. The number of carbonyl (C=O) groups excluding carboxylic acids is 1. The molecule has 0 bridgehead atoms. The van der Waals surface area contributed by atoms with Gasteiger partial charge < -0.3 is 24.8 Å². The molecular formula is C19H25N3O4. The van der Waals surface area contributed by atoms with E-state index < -0.39 is 0 Å². The summed E-state index contributed by atoms with van der Waals surface area (Å²) in [6, 6.07) is 9.07. The highest BCUT2D eigenvalue weighted by Crippen LogP contribution is 2.27. The number of nitrogens with zero attached hydrogens (tertiary/aromatic N) is 1. The maximum Gasteiger partial charge on any atom is 0.253 e. The molecular weight excluding hydrogens is 334 g/mol. The number of aromatic nitrogens is 1. The molecule has 0 fully saturated rings. The number of methoxy groups -OCH3 is 3. The molecule has 0 aliphatic rings. The minimum absolute atomic E-state index is 0.182. The molecule has 1 amide bonds. The number of ether oxygens (including phenoxy) is 3. The van der Waals surface area contributed by atoms with Gasteiger partial charge in [0.1, 0.15) is 5.82 Å². The van der Waals surface area contributed by atoms with Crippen molar-refractivity contribution >= 4 is 11.7 Å². The Balaban J connectivity index is 1.87. The molecule has 2 aromatic rings. The summed E-state index contributed by atoms with van der Waals surface area (Å²) in [6.45, 7) is 1.85. The van der Waals surface area contributed by atoms with Crippen molar-refractivity contribution in [2.45, 2.75) is 13.0 Å². The van der Waals surface area contributed by atoms with Crippen LogP contribution in [0.25, 0.3) is 0 Å². The molecule has 0 radical (unpaired) electrons. The largest absolute Gasteiger partial charge is 0.493 e. The fraction of sp³-hybridized carbons (Fsp3) is 0.368. The molecule has 140 valence electrons. The van der Waals surface area contributed by atoms with Crippen molar-refractivity contribution in [1.29, 1.82) is 0 Å². The first-order valence-electron chi connectivity index (χ1n) is 8.36. The van der Waals surface area contributed by atoms with E-state index in [9.17, 15) is 4.79 Å². The summed E-state index contributed by atoms with van der Waals surface area (Å²) in [7, 11) is 4.84. The van der Waals surface area contributed by atoms with Gasteiger partial charge in [0.2, 0.25) is 0 Å². The lowest BCUT2D eigenvalue weighted by Crippen LogP contribution is -2.23. The van der Waals surface area contributed by atoms with E-state index in [4.69, 9.17) is 14.2 Å². The second kappa shape index (κ2) is 10.2. The first kappa shape index (κ1) is 19.5. The lowest BCUT2D eigenvalue weighted by Gasteiger charge is -2.10. The average Bonchev–Trinajstić information content (AvgIpc) is 2.69. The number of hydrogen-bond donors (Lipinski definition) is 2. The molecule has 26 heavy (non-hydrogen) atoms. The Morgan fingerprint density at radius 1 is 1.08 bits per heavy atom. The van der Waals surface area contributed by atoms with Gasteiger partial charge in [-0.05, 0) is 36.2 Å². The summed E-state index contributed by atoms with van der Waals surface area (Å²) >= 11 is 0. The van der Waals surface area contributed by atoms with Gasteiger partial charge >= 0.3 is 0 Å². The summed E-state index contributed by atoms with van der Waals surface area (Å²) in [4.78, 5) is 16.5. The number of amides is 1. The molecule has 1 heterocycles. The van der Waals surface area contributed by atoms with Crippen molar-refractivity contribution in [2.75, 3.05) is 39.8 Å². The van der Waals surface area contributed by atoms with Gasteiger partial charge in [0, 0.05) is 33.0 Å².